The summed E-state index contributed by atoms with van der Waals surface area (Å²) >= 11 is 7.57. The molecule has 0 bridgehead atoms. The Kier molecular flexibility index (Phi) is 4.47. The van der Waals surface area contributed by atoms with Crippen LogP contribution in [0, 0.1) is 0 Å². The summed E-state index contributed by atoms with van der Waals surface area (Å²) in [5.41, 5.74) is 8.08. The molecule has 0 atom stereocenters. The molecule has 0 N–H and O–H groups in total. The molecule has 2 nitrogen and oxygen atoms in total. The van der Waals surface area contributed by atoms with Crippen LogP contribution in [0.2, 0.25) is 0 Å². The molecule has 1 aliphatic heterocycles. The van der Waals surface area contributed by atoms with Gasteiger partial charge in [0.05, 0.1) is 5.41 Å². The third-order valence-electron chi connectivity index (χ3n) is 7.68. The van der Waals surface area contributed by atoms with Gasteiger partial charge >= 0.3 is 0 Å². The molecule has 176 valence electrons. The van der Waals surface area contributed by atoms with Gasteiger partial charge in [-0.1, -0.05) is 92.5 Å². The largest absolute Gasteiger partial charge is 0.457 e. The lowest BCUT2D eigenvalue weighted by Gasteiger charge is -2.42. The van der Waals surface area contributed by atoms with Crippen LogP contribution in [0.3, 0.4) is 0 Å². The lowest BCUT2D eigenvalue weighted by Crippen LogP contribution is -2.35. The summed E-state index contributed by atoms with van der Waals surface area (Å²) in [6.07, 6.45) is 4.46. The van der Waals surface area contributed by atoms with Gasteiger partial charge in [0.15, 0.2) is 0 Å². The van der Waals surface area contributed by atoms with Crippen molar-refractivity contribution in [2.24, 2.45) is 0 Å². The molecule has 0 saturated heterocycles. The first-order valence-corrected chi connectivity index (χ1v) is 13.7. The molecule has 37 heavy (non-hydrogen) atoms. The highest BCUT2D eigenvalue weighted by Crippen LogP contribution is 2.59. The molecule has 1 aliphatic carbocycles. The van der Waals surface area contributed by atoms with Crippen molar-refractivity contribution < 1.29 is 9.15 Å². The maximum Gasteiger partial charge on any atom is 0.139 e. The van der Waals surface area contributed by atoms with Crippen LogP contribution >= 0.6 is 31.9 Å². The SMILES string of the molecule is Brc1ccc2c(c1)C1(c3cc(Br)ccc3C=C2)c2ccccc2Oc2cc3oc4ccccc4c3cc21. The predicted molar refractivity (Wildman–Crippen MR) is 156 cm³/mol. The zero-order valence-electron chi connectivity index (χ0n) is 19.5. The summed E-state index contributed by atoms with van der Waals surface area (Å²) in [7, 11) is 0. The van der Waals surface area contributed by atoms with Crippen molar-refractivity contribution in [2.45, 2.75) is 5.41 Å². The molecule has 2 aliphatic rings. The Morgan fingerprint density at radius 1 is 0.514 bits per heavy atom. The number of halogens is 2. The highest BCUT2D eigenvalue weighted by molar-refractivity contribution is 9.10. The fourth-order valence-electron chi connectivity index (χ4n) is 6.16. The summed E-state index contributed by atoms with van der Waals surface area (Å²) < 4.78 is 15.0. The molecule has 1 spiro atoms. The van der Waals surface area contributed by atoms with Crippen LogP contribution in [0.25, 0.3) is 34.1 Å². The molecule has 0 saturated carbocycles. The van der Waals surface area contributed by atoms with Crippen molar-refractivity contribution in [3.8, 4) is 11.5 Å². The van der Waals surface area contributed by atoms with Crippen molar-refractivity contribution >= 4 is 66.0 Å². The minimum absolute atomic E-state index is 0.613. The molecular weight excluding hydrogens is 588 g/mol. The average Bonchev–Trinajstić information content (AvgIpc) is 3.21. The summed E-state index contributed by atoms with van der Waals surface area (Å²) in [5, 5.41) is 2.19. The van der Waals surface area contributed by atoms with Gasteiger partial charge in [-0.15, -0.1) is 0 Å². The molecule has 0 fully saturated rings. The number of rotatable bonds is 0. The predicted octanol–water partition coefficient (Wildman–Crippen LogP) is 10.1. The Labute approximate surface area is 230 Å². The molecule has 0 unspecified atom stereocenters. The monoisotopic (exact) mass is 604 g/mol. The summed E-state index contributed by atoms with van der Waals surface area (Å²) in [6.45, 7) is 0. The molecule has 0 radical (unpaired) electrons. The Balaban J connectivity index is 1.62. The van der Waals surface area contributed by atoms with Crippen molar-refractivity contribution in [3.63, 3.8) is 0 Å². The molecule has 0 amide bonds. The molecule has 2 heterocycles. The molecule has 4 heteroatoms. The minimum atomic E-state index is -0.613. The van der Waals surface area contributed by atoms with Gasteiger partial charge in [0.1, 0.15) is 22.7 Å². The maximum atomic E-state index is 6.64. The van der Waals surface area contributed by atoms with Crippen molar-refractivity contribution in [2.75, 3.05) is 0 Å². The third kappa shape index (κ3) is 2.91. The van der Waals surface area contributed by atoms with Crippen molar-refractivity contribution in [1.29, 1.82) is 0 Å². The second-order valence-corrected chi connectivity index (χ2v) is 11.4. The standard InChI is InChI=1S/C33H18Br2O2/c34-21-13-11-19-9-10-20-12-14-22(35)16-27(20)33(26(19)15-21)25-6-2-4-8-30(25)37-32-18-31-24(17-28(32)33)23-5-1-3-7-29(23)36-31/h1-18H. The van der Waals surface area contributed by atoms with Crippen molar-refractivity contribution in [1.82, 2.24) is 0 Å². The highest BCUT2D eigenvalue weighted by atomic mass is 79.9. The zero-order chi connectivity index (χ0) is 24.7. The molecular formula is C33H18Br2O2. The number of para-hydroxylation sites is 2. The number of furan rings is 1. The average molecular weight is 606 g/mol. The van der Waals surface area contributed by atoms with Gasteiger partial charge in [-0.25, -0.2) is 0 Å². The van der Waals surface area contributed by atoms with E-state index in [1.54, 1.807) is 0 Å². The van der Waals surface area contributed by atoms with E-state index in [0.717, 1.165) is 53.5 Å². The van der Waals surface area contributed by atoms with E-state index in [0.29, 0.717) is 0 Å². The first kappa shape index (κ1) is 21.5. The topological polar surface area (TPSA) is 22.4 Å². The van der Waals surface area contributed by atoms with Crippen LogP contribution in [0.5, 0.6) is 11.5 Å². The van der Waals surface area contributed by atoms with E-state index in [1.165, 1.54) is 22.3 Å². The maximum absolute atomic E-state index is 6.64. The second kappa shape index (κ2) is 7.70. The van der Waals surface area contributed by atoms with Gasteiger partial charge in [0, 0.05) is 36.9 Å². The van der Waals surface area contributed by atoms with Crippen molar-refractivity contribution in [3.05, 3.63) is 139 Å². The number of ether oxygens (including phenoxy) is 1. The number of fused-ring (bicyclic) bond motifs is 11. The Hall–Kier alpha value is -3.60. The van der Waals surface area contributed by atoms with E-state index in [-0.39, 0.29) is 0 Å². The summed E-state index contributed by atoms with van der Waals surface area (Å²) in [6, 6.07) is 34.1. The molecule has 8 rings (SSSR count). The van der Waals surface area contributed by atoms with E-state index in [2.05, 4.69) is 123 Å². The van der Waals surface area contributed by atoms with Gasteiger partial charge in [0.25, 0.3) is 0 Å². The zero-order valence-corrected chi connectivity index (χ0v) is 22.6. The minimum Gasteiger partial charge on any atom is -0.457 e. The van der Waals surface area contributed by atoms with Crippen LogP contribution in [-0.2, 0) is 5.41 Å². The quantitative estimate of drug-likeness (QED) is 0.172. The summed E-state index contributed by atoms with van der Waals surface area (Å²) in [5.74, 6) is 1.66. The summed E-state index contributed by atoms with van der Waals surface area (Å²) in [4.78, 5) is 0. The van der Waals surface area contributed by atoms with E-state index in [1.807, 2.05) is 18.2 Å². The fraction of sp³-hybridized carbons (Fsp3) is 0.0303. The van der Waals surface area contributed by atoms with Crippen LogP contribution in [0.1, 0.15) is 33.4 Å². The lowest BCUT2D eigenvalue weighted by molar-refractivity contribution is 0.434. The first-order chi connectivity index (χ1) is 18.1. The van der Waals surface area contributed by atoms with Gasteiger partial charge in [-0.05, 0) is 64.7 Å². The van der Waals surface area contributed by atoms with Crippen LogP contribution in [0.4, 0.5) is 0 Å². The third-order valence-corrected chi connectivity index (χ3v) is 8.66. The number of benzene rings is 5. The number of hydrogen-bond acceptors (Lipinski definition) is 2. The second-order valence-electron chi connectivity index (χ2n) is 9.59. The number of hydrogen-bond donors (Lipinski definition) is 0. The highest BCUT2D eigenvalue weighted by Gasteiger charge is 2.48. The van der Waals surface area contributed by atoms with Gasteiger partial charge < -0.3 is 9.15 Å². The van der Waals surface area contributed by atoms with Gasteiger partial charge in [-0.2, -0.15) is 0 Å². The van der Waals surface area contributed by atoms with Gasteiger partial charge in [0.2, 0.25) is 0 Å². The lowest BCUT2D eigenvalue weighted by atomic mass is 9.62. The van der Waals surface area contributed by atoms with E-state index >= 15 is 0 Å². The Morgan fingerprint density at radius 3 is 1.95 bits per heavy atom. The fourth-order valence-corrected chi connectivity index (χ4v) is 6.88. The van der Waals surface area contributed by atoms with Crippen LogP contribution in [0.15, 0.2) is 110 Å². The van der Waals surface area contributed by atoms with E-state index in [4.69, 9.17) is 9.15 Å². The Bertz CT molecular complexity index is 1890. The molecule has 5 aromatic carbocycles. The Morgan fingerprint density at radius 2 is 1.19 bits per heavy atom. The van der Waals surface area contributed by atoms with Gasteiger partial charge in [-0.3, -0.25) is 0 Å². The van der Waals surface area contributed by atoms with E-state index < -0.39 is 5.41 Å². The van der Waals surface area contributed by atoms with Crippen LogP contribution < -0.4 is 4.74 Å². The molecule has 6 aromatic rings. The smallest absolute Gasteiger partial charge is 0.139 e. The normalized spacial score (nSPS) is 14.5. The van der Waals surface area contributed by atoms with E-state index in [9.17, 15) is 0 Å². The van der Waals surface area contributed by atoms with Crippen LogP contribution in [-0.4, -0.2) is 0 Å². The first-order valence-electron chi connectivity index (χ1n) is 12.1. The molecule has 1 aromatic heterocycles.